The van der Waals surface area contributed by atoms with Crippen molar-refractivity contribution in [3.8, 4) is 17.7 Å². The van der Waals surface area contributed by atoms with Crippen molar-refractivity contribution in [1.82, 2.24) is 14.7 Å². The van der Waals surface area contributed by atoms with Crippen LogP contribution in [-0.2, 0) is 9.53 Å². The Morgan fingerprint density at radius 2 is 1.97 bits per heavy atom. The molecular weight excluding hydrogens is 432 g/mol. The molecule has 2 heterocycles. The summed E-state index contributed by atoms with van der Waals surface area (Å²) in [5, 5.41) is 12.3. The first-order valence-electron chi connectivity index (χ1n) is 11.1. The lowest BCUT2D eigenvalue weighted by Crippen LogP contribution is -2.27. The van der Waals surface area contributed by atoms with Gasteiger partial charge in [-0.15, -0.1) is 0 Å². The molecule has 3 rings (SSSR count). The molecule has 0 atom stereocenters. The molecule has 0 unspecified atom stereocenters. The summed E-state index contributed by atoms with van der Waals surface area (Å²) >= 11 is 0. The number of aromatic nitrogens is 2. The molecule has 0 radical (unpaired) electrons. The molecule has 34 heavy (non-hydrogen) atoms. The zero-order valence-electron chi connectivity index (χ0n) is 19.8. The van der Waals surface area contributed by atoms with Crippen molar-refractivity contribution in [2.75, 3.05) is 13.2 Å². The number of ether oxygens (including phenoxy) is 2. The van der Waals surface area contributed by atoms with Crippen LogP contribution in [-0.4, -0.2) is 34.5 Å². The highest BCUT2D eigenvalue weighted by molar-refractivity contribution is 6.01. The lowest BCUT2D eigenvalue weighted by Gasteiger charge is -2.11. The van der Waals surface area contributed by atoms with Gasteiger partial charge >= 0.3 is 0 Å². The molecule has 0 aliphatic rings. The molecule has 0 aliphatic heterocycles. The van der Waals surface area contributed by atoms with Crippen LogP contribution in [0, 0.1) is 25.2 Å². The maximum Gasteiger partial charge on any atom is 0.269 e. The lowest BCUT2D eigenvalue weighted by molar-refractivity contribution is -0.117. The third-order valence-corrected chi connectivity index (χ3v) is 4.86. The summed E-state index contributed by atoms with van der Waals surface area (Å²) < 4.78 is 12.8. The number of benzene rings is 1. The third kappa shape index (κ3) is 6.30. The summed E-state index contributed by atoms with van der Waals surface area (Å²) in [6.45, 7) is 8.58. The highest BCUT2D eigenvalue weighted by atomic mass is 16.5. The van der Waals surface area contributed by atoms with E-state index in [0.29, 0.717) is 31.0 Å². The van der Waals surface area contributed by atoms with Crippen LogP contribution in [0.15, 0.2) is 53.0 Å². The average Bonchev–Trinajstić information content (AvgIpc) is 2.78. The number of nitriles is 1. The van der Waals surface area contributed by atoms with Crippen molar-refractivity contribution in [3.63, 3.8) is 0 Å². The number of carbonyl (C=O) groups is 1. The molecule has 176 valence electrons. The monoisotopic (exact) mass is 460 g/mol. The van der Waals surface area contributed by atoms with Gasteiger partial charge in [0.2, 0.25) is 5.88 Å². The maximum atomic E-state index is 13.3. The molecule has 0 aliphatic carbocycles. The zero-order valence-corrected chi connectivity index (χ0v) is 19.8. The van der Waals surface area contributed by atoms with Crippen LogP contribution in [0.25, 0.3) is 11.7 Å². The molecule has 0 saturated heterocycles. The van der Waals surface area contributed by atoms with Crippen LogP contribution in [0.3, 0.4) is 0 Å². The highest BCUT2D eigenvalue weighted by Crippen LogP contribution is 2.26. The standard InChI is InChI=1S/C26H28N4O4/c1-17(2)33-11-7-9-28-24(31)20(16-27)15-22-25(34-21-13-18(3)12-19(4)14-21)29-23-8-5-6-10-30(23)26(22)32/h5-6,8,10,12-15,17H,7,9,11H2,1-4H3,(H,28,31). The predicted octanol–water partition coefficient (Wildman–Crippen LogP) is 3.94. The Morgan fingerprint density at radius 3 is 2.65 bits per heavy atom. The number of carbonyl (C=O) groups excluding carboxylic acids is 1. The third-order valence-electron chi connectivity index (χ3n) is 4.86. The summed E-state index contributed by atoms with van der Waals surface area (Å²) in [6, 6.07) is 12.7. The first-order chi connectivity index (χ1) is 16.3. The van der Waals surface area contributed by atoms with E-state index in [1.807, 2.05) is 52.0 Å². The minimum atomic E-state index is -0.582. The Bertz CT molecular complexity index is 1300. The molecule has 2 aromatic heterocycles. The Labute approximate surface area is 198 Å². The van der Waals surface area contributed by atoms with Gasteiger partial charge < -0.3 is 14.8 Å². The smallest absolute Gasteiger partial charge is 0.269 e. The van der Waals surface area contributed by atoms with E-state index >= 15 is 0 Å². The topological polar surface area (TPSA) is 106 Å². The van der Waals surface area contributed by atoms with Crippen molar-refractivity contribution in [3.05, 3.63) is 75.2 Å². The lowest BCUT2D eigenvalue weighted by atomic mass is 10.1. The van der Waals surface area contributed by atoms with Crippen molar-refractivity contribution >= 4 is 17.6 Å². The first-order valence-corrected chi connectivity index (χ1v) is 11.1. The van der Waals surface area contributed by atoms with E-state index < -0.39 is 11.5 Å². The largest absolute Gasteiger partial charge is 0.438 e. The van der Waals surface area contributed by atoms with Gasteiger partial charge in [-0.05, 0) is 75.6 Å². The van der Waals surface area contributed by atoms with Crippen molar-refractivity contribution in [2.45, 2.75) is 40.2 Å². The fourth-order valence-electron chi connectivity index (χ4n) is 3.37. The summed E-state index contributed by atoms with van der Waals surface area (Å²) in [4.78, 5) is 30.3. The second-order valence-corrected chi connectivity index (χ2v) is 8.19. The number of rotatable bonds is 9. The number of nitrogens with one attached hydrogen (secondary N) is 1. The van der Waals surface area contributed by atoms with Gasteiger partial charge in [-0.25, -0.2) is 0 Å². The van der Waals surface area contributed by atoms with Crippen LogP contribution >= 0.6 is 0 Å². The van der Waals surface area contributed by atoms with Gasteiger partial charge in [0.15, 0.2) is 0 Å². The Kier molecular flexibility index (Phi) is 8.17. The number of aryl methyl sites for hydroxylation is 2. The van der Waals surface area contributed by atoms with Gasteiger partial charge in [0.05, 0.1) is 6.10 Å². The van der Waals surface area contributed by atoms with Gasteiger partial charge in [-0.1, -0.05) is 12.1 Å². The SMILES string of the molecule is Cc1cc(C)cc(Oc2nc3ccccn3c(=O)c2C=C(C#N)C(=O)NCCCOC(C)C)c1. The van der Waals surface area contributed by atoms with Crippen LogP contribution < -0.4 is 15.6 Å². The first kappa shape index (κ1) is 24.7. The zero-order chi connectivity index (χ0) is 24.7. The maximum absolute atomic E-state index is 13.3. The van der Waals surface area contributed by atoms with Crippen molar-refractivity contribution in [2.24, 2.45) is 0 Å². The van der Waals surface area contributed by atoms with E-state index in [1.165, 1.54) is 10.5 Å². The summed E-state index contributed by atoms with van der Waals surface area (Å²) in [5.41, 5.74) is 1.71. The summed E-state index contributed by atoms with van der Waals surface area (Å²) in [5.74, 6) is -0.0542. The number of pyridine rings is 1. The van der Waals surface area contributed by atoms with Gasteiger partial charge in [-0.2, -0.15) is 10.2 Å². The summed E-state index contributed by atoms with van der Waals surface area (Å²) in [6.07, 6.45) is 3.51. The molecule has 3 aromatic rings. The number of amides is 1. The Hall–Kier alpha value is -3.96. The molecule has 1 amide bonds. The highest BCUT2D eigenvalue weighted by Gasteiger charge is 2.17. The number of hydrogen-bond acceptors (Lipinski definition) is 6. The summed E-state index contributed by atoms with van der Waals surface area (Å²) in [7, 11) is 0. The van der Waals surface area contributed by atoms with Gasteiger partial charge in [-0.3, -0.25) is 14.0 Å². The fourth-order valence-corrected chi connectivity index (χ4v) is 3.37. The number of nitrogens with zero attached hydrogens (tertiary/aromatic N) is 3. The molecule has 1 N–H and O–H groups in total. The van der Waals surface area contributed by atoms with E-state index in [2.05, 4.69) is 10.3 Å². The molecule has 1 aromatic carbocycles. The number of hydrogen-bond donors (Lipinski definition) is 1. The normalized spacial score (nSPS) is 11.5. The van der Waals surface area contributed by atoms with Crippen molar-refractivity contribution < 1.29 is 14.3 Å². The molecule has 0 spiro atoms. The molecule has 0 fully saturated rings. The molecular formula is C26H28N4O4. The second-order valence-electron chi connectivity index (χ2n) is 8.19. The Morgan fingerprint density at radius 1 is 1.24 bits per heavy atom. The van der Waals surface area contributed by atoms with Crippen molar-refractivity contribution in [1.29, 1.82) is 5.26 Å². The van der Waals surface area contributed by atoms with E-state index in [0.717, 1.165) is 11.1 Å². The van der Waals surface area contributed by atoms with Crippen LogP contribution in [0.2, 0.25) is 0 Å². The molecule has 8 nitrogen and oxygen atoms in total. The van der Waals surface area contributed by atoms with E-state index in [-0.39, 0.29) is 23.1 Å². The van der Waals surface area contributed by atoms with Crippen LogP contribution in [0.4, 0.5) is 0 Å². The minimum absolute atomic E-state index is 0.0118. The molecule has 8 heteroatoms. The van der Waals surface area contributed by atoms with E-state index in [9.17, 15) is 14.9 Å². The van der Waals surface area contributed by atoms with E-state index in [4.69, 9.17) is 9.47 Å². The van der Waals surface area contributed by atoms with Gasteiger partial charge in [0.1, 0.15) is 28.6 Å². The minimum Gasteiger partial charge on any atom is -0.438 e. The van der Waals surface area contributed by atoms with Crippen LogP contribution in [0.5, 0.6) is 11.6 Å². The van der Waals surface area contributed by atoms with Crippen LogP contribution in [0.1, 0.15) is 37.0 Å². The molecule has 0 saturated carbocycles. The van der Waals surface area contributed by atoms with Gasteiger partial charge in [0, 0.05) is 19.3 Å². The van der Waals surface area contributed by atoms with E-state index in [1.54, 1.807) is 24.4 Å². The van der Waals surface area contributed by atoms with Gasteiger partial charge in [0.25, 0.3) is 11.5 Å². The molecule has 0 bridgehead atoms. The second kappa shape index (κ2) is 11.3. The Balaban J connectivity index is 1.97. The average molecular weight is 461 g/mol. The quantitative estimate of drug-likeness (QED) is 0.295. The number of fused-ring (bicyclic) bond motifs is 1. The fraction of sp³-hybridized carbons (Fsp3) is 0.308. The predicted molar refractivity (Wildman–Crippen MR) is 130 cm³/mol.